The summed E-state index contributed by atoms with van der Waals surface area (Å²) in [6.45, 7) is 2.55. The lowest BCUT2D eigenvalue weighted by Crippen LogP contribution is -2.28. The molecule has 0 spiro atoms. The lowest BCUT2D eigenvalue weighted by atomic mass is 10.1. The molecule has 0 saturated heterocycles. The lowest BCUT2D eigenvalue weighted by Gasteiger charge is -2.10. The van der Waals surface area contributed by atoms with Gasteiger partial charge in [-0.1, -0.05) is 12.1 Å². The fraction of sp³-hybridized carbons (Fsp3) is 0.400. The van der Waals surface area contributed by atoms with Gasteiger partial charge in [-0.3, -0.25) is 9.59 Å². The van der Waals surface area contributed by atoms with E-state index >= 15 is 0 Å². The van der Waals surface area contributed by atoms with Gasteiger partial charge in [0.05, 0.1) is 5.69 Å². The Hall–Kier alpha value is -2.98. The average molecular weight is 433 g/mol. The fourth-order valence-corrected chi connectivity index (χ4v) is 3.70. The molecule has 0 fully saturated rings. The molecular formula is C20H26N5O4S-. The van der Waals surface area contributed by atoms with Gasteiger partial charge in [0.2, 0.25) is 11.8 Å². The maximum Gasteiger partial charge on any atom is 0.223 e. The third-order valence-corrected chi connectivity index (χ3v) is 5.23. The first-order valence-electron chi connectivity index (χ1n) is 9.48. The van der Waals surface area contributed by atoms with Crippen LogP contribution in [0.3, 0.4) is 0 Å². The second kappa shape index (κ2) is 11.3. The van der Waals surface area contributed by atoms with Crippen LogP contribution < -0.4 is 21.1 Å². The van der Waals surface area contributed by atoms with Crippen LogP contribution in [-0.2, 0) is 29.0 Å². The van der Waals surface area contributed by atoms with Crippen molar-refractivity contribution in [3.05, 3.63) is 40.4 Å². The molecule has 3 N–H and O–H groups in total. The molecule has 0 saturated carbocycles. The van der Waals surface area contributed by atoms with E-state index in [-0.39, 0.29) is 11.8 Å². The molecule has 0 aliphatic heterocycles. The highest BCUT2D eigenvalue weighted by Gasteiger charge is 2.13. The number of nitrogens with zero attached hydrogens (tertiary/aromatic N) is 2. The third-order valence-electron chi connectivity index (χ3n) is 4.21. The summed E-state index contributed by atoms with van der Waals surface area (Å²) in [7, 11) is 3.45. The zero-order valence-corrected chi connectivity index (χ0v) is 18.1. The first-order valence-corrected chi connectivity index (χ1v) is 10.3. The van der Waals surface area contributed by atoms with Crippen molar-refractivity contribution < 1.29 is 19.5 Å². The van der Waals surface area contributed by atoms with Crippen molar-refractivity contribution in [2.24, 2.45) is 0 Å². The molecule has 0 radical (unpaired) electrons. The third kappa shape index (κ3) is 7.80. The summed E-state index contributed by atoms with van der Waals surface area (Å²) in [4.78, 5) is 40.7. The predicted octanol–water partition coefficient (Wildman–Crippen LogP) is 1.21. The number of carboxylic acid groups (broad SMARTS) is 1. The highest BCUT2D eigenvalue weighted by molar-refractivity contribution is 7.15. The van der Waals surface area contributed by atoms with Gasteiger partial charge in [0.15, 0.2) is 5.13 Å². The fourth-order valence-electron chi connectivity index (χ4n) is 2.68. The molecule has 0 bridgehead atoms. The zero-order valence-electron chi connectivity index (χ0n) is 17.3. The van der Waals surface area contributed by atoms with Gasteiger partial charge in [-0.05, 0) is 30.5 Å². The number of anilines is 2. The van der Waals surface area contributed by atoms with Crippen molar-refractivity contribution in [3.63, 3.8) is 0 Å². The number of hydrogen-bond donors (Lipinski definition) is 3. The number of carbonyl (C=O) groups is 3. The van der Waals surface area contributed by atoms with Gasteiger partial charge in [-0.15, -0.1) is 11.3 Å². The van der Waals surface area contributed by atoms with Gasteiger partial charge >= 0.3 is 0 Å². The van der Waals surface area contributed by atoms with Gasteiger partial charge < -0.3 is 30.8 Å². The highest BCUT2D eigenvalue weighted by atomic mass is 32.1. The molecule has 0 aliphatic carbocycles. The van der Waals surface area contributed by atoms with E-state index in [1.807, 2.05) is 12.1 Å². The summed E-state index contributed by atoms with van der Waals surface area (Å²) in [6.07, 6.45) is 0.435. The number of hydrogen-bond acceptors (Lipinski definition) is 7. The van der Waals surface area contributed by atoms with Crippen LogP contribution in [0, 0.1) is 0 Å². The van der Waals surface area contributed by atoms with E-state index in [1.165, 1.54) is 18.3 Å². The molecule has 0 aliphatic rings. The van der Waals surface area contributed by atoms with Gasteiger partial charge in [0.25, 0.3) is 0 Å². The van der Waals surface area contributed by atoms with E-state index in [0.717, 1.165) is 16.1 Å². The van der Waals surface area contributed by atoms with Gasteiger partial charge in [-0.2, -0.15) is 0 Å². The quantitative estimate of drug-likeness (QED) is 0.485. The van der Waals surface area contributed by atoms with E-state index in [1.54, 1.807) is 31.1 Å². The Balaban J connectivity index is 1.98. The molecule has 3 amide bonds. The van der Waals surface area contributed by atoms with Crippen LogP contribution in [0.15, 0.2) is 24.3 Å². The average Bonchev–Trinajstić information content (AvgIpc) is 3.04. The Kier molecular flexibility index (Phi) is 8.75. The minimum absolute atomic E-state index is 0.0579. The minimum atomic E-state index is -1.35. The molecule has 0 atom stereocenters. The summed E-state index contributed by atoms with van der Waals surface area (Å²) in [5, 5.41) is 19.3. The van der Waals surface area contributed by atoms with Gasteiger partial charge in [0, 0.05) is 51.1 Å². The first-order chi connectivity index (χ1) is 14.2. The number of aromatic nitrogens is 1. The number of aryl methyl sites for hydroxylation is 2. The van der Waals surface area contributed by atoms with Crippen LogP contribution >= 0.6 is 11.3 Å². The first kappa shape index (κ1) is 23.3. The maximum absolute atomic E-state index is 11.7. The van der Waals surface area contributed by atoms with E-state index in [2.05, 4.69) is 20.9 Å². The molecule has 162 valence electrons. The number of thiazole rings is 1. The van der Waals surface area contributed by atoms with E-state index < -0.39 is 6.09 Å². The number of rotatable bonds is 10. The van der Waals surface area contributed by atoms with Gasteiger partial charge in [-0.25, -0.2) is 4.98 Å². The standard InChI is InChI=1S/C20H27N5O4S/c1-13(26)22-19-24-16(17(30-19)12-21-11-10-18(27)25(2)3)9-6-14-4-7-15(8-5-14)23-20(28)29/h4-5,7-8,21,23H,6,9-12H2,1-3H3,(H,28,29)(H,22,24,26)/p-1. The van der Waals surface area contributed by atoms with Crippen molar-refractivity contribution in [2.45, 2.75) is 32.7 Å². The van der Waals surface area contributed by atoms with Crippen LogP contribution in [0.4, 0.5) is 15.6 Å². The van der Waals surface area contributed by atoms with Crippen molar-refractivity contribution >= 4 is 40.1 Å². The van der Waals surface area contributed by atoms with Crippen LogP contribution in [0.1, 0.15) is 29.5 Å². The Morgan fingerprint density at radius 3 is 2.40 bits per heavy atom. The number of benzene rings is 1. The van der Waals surface area contributed by atoms with E-state index in [4.69, 9.17) is 0 Å². The predicted molar refractivity (Wildman–Crippen MR) is 114 cm³/mol. The van der Waals surface area contributed by atoms with Crippen molar-refractivity contribution in [1.29, 1.82) is 0 Å². The van der Waals surface area contributed by atoms with Gasteiger partial charge in [0.1, 0.15) is 6.09 Å². The summed E-state index contributed by atoms with van der Waals surface area (Å²) in [5.74, 6) is -0.120. The minimum Gasteiger partial charge on any atom is -0.530 e. The number of carbonyl (C=O) groups excluding carboxylic acids is 3. The Bertz CT molecular complexity index is 880. The summed E-state index contributed by atoms with van der Waals surface area (Å²) >= 11 is 1.41. The largest absolute Gasteiger partial charge is 0.530 e. The van der Waals surface area contributed by atoms with Crippen LogP contribution in [0.2, 0.25) is 0 Å². The summed E-state index contributed by atoms with van der Waals surface area (Å²) in [6, 6.07) is 7.05. The second-order valence-electron chi connectivity index (χ2n) is 6.89. The highest BCUT2D eigenvalue weighted by Crippen LogP contribution is 2.24. The second-order valence-corrected chi connectivity index (χ2v) is 7.98. The van der Waals surface area contributed by atoms with Crippen LogP contribution in [-0.4, -0.2) is 48.4 Å². The molecule has 1 heterocycles. The Morgan fingerprint density at radius 2 is 1.80 bits per heavy atom. The molecule has 9 nitrogen and oxygen atoms in total. The Labute approximate surface area is 179 Å². The molecule has 2 rings (SSSR count). The normalized spacial score (nSPS) is 10.5. The number of nitrogens with one attached hydrogen (secondary N) is 3. The van der Waals surface area contributed by atoms with Crippen molar-refractivity contribution in [1.82, 2.24) is 15.2 Å². The molecule has 1 aromatic heterocycles. The molecule has 10 heteroatoms. The maximum atomic E-state index is 11.7. The summed E-state index contributed by atoms with van der Waals surface area (Å²) < 4.78 is 0. The smallest absolute Gasteiger partial charge is 0.223 e. The van der Waals surface area contributed by atoms with E-state index in [9.17, 15) is 19.5 Å². The molecule has 1 aromatic carbocycles. The topological polar surface area (TPSA) is 126 Å². The van der Waals surface area contributed by atoms with Crippen molar-refractivity contribution in [3.8, 4) is 0 Å². The van der Waals surface area contributed by atoms with Crippen molar-refractivity contribution in [2.75, 3.05) is 31.3 Å². The monoisotopic (exact) mass is 432 g/mol. The summed E-state index contributed by atoms with van der Waals surface area (Å²) in [5.41, 5.74) is 2.37. The molecular weight excluding hydrogens is 406 g/mol. The van der Waals surface area contributed by atoms with E-state index in [0.29, 0.717) is 43.2 Å². The van der Waals surface area contributed by atoms with Crippen LogP contribution in [0.25, 0.3) is 0 Å². The molecule has 30 heavy (non-hydrogen) atoms. The lowest BCUT2D eigenvalue weighted by molar-refractivity contribution is -0.242. The molecule has 0 unspecified atom stereocenters. The zero-order chi connectivity index (χ0) is 22.1. The number of amides is 3. The Morgan fingerprint density at radius 1 is 1.10 bits per heavy atom. The SMILES string of the molecule is CC(=O)Nc1nc(CCc2ccc(NC(=O)[O-])cc2)c(CNCCC(=O)N(C)C)s1. The molecule has 2 aromatic rings. The van der Waals surface area contributed by atoms with Crippen LogP contribution in [0.5, 0.6) is 0 Å².